The van der Waals surface area contributed by atoms with Crippen molar-refractivity contribution in [1.29, 1.82) is 0 Å². The highest BCUT2D eigenvalue weighted by atomic mass is 16.7. The topological polar surface area (TPSA) is 44.8 Å². The third kappa shape index (κ3) is 2.19. The molecular formula is C9H16O4. The first kappa shape index (κ1) is 10.5. The zero-order valence-corrected chi connectivity index (χ0v) is 6.88. The van der Waals surface area contributed by atoms with Gasteiger partial charge in [-0.3, -0.25) is 4.79 Å². The van der Waals surface area contributed by atoms with E-state index in [1.807, 2.05) is 0 Å². The van der Waals surface area contributed by atoms with Crippen molar-refractivity contribution in [2.45, 2.75) is 32.5 Å². The third-order valence-electron chi connectivity index (χ3n) is 2.27. The summed E-state index contributed by atoms with van der Waals surface area (Å²) in [6.45, 7) is 1.68. The normalized spacial score (nSPS) is 26.3. The van der Waals surface area contributed by atoms with E-state index < -0.39 is 5.79 Å². The van der Waals surface area contributed by atoms with Crippen LogP contribution in [0.1, 0.15) is 26.7 Å². The molecule has 0 radical (unpaired) electrons. The Balaban J connectivity index is 0.000000845. The van der Waals surface area contributed by atoms with Crippen molar-refractivity contribution in [3.63, 3.8) is 0 Å². The minimum atomic E-state index is -0.508. The molecule has 2 fully saturated rings. The molecule has 2 rings (SSSR count). The summed E-state index contributed by atoms with van der Waals surface area (Å²) in [6.07, 6.45) is 1.70. The van der Waals surface area contributed by atoms with Crippen LogP contribution >= 0.6 is 0 Å². The van der Waals surface area contributed by atoms with Crippen LogP contribution < -0.4 is 0 Å². The van der Waals surface area contributed by atoms with Gasteiger partial charge in [0, 0.05) is 12.8 Å². The molecule has 2 aliphatic rings. The molecule has 0 saturated carbocycles. The van der Waals surface area contributed by atoms with E-state index in [0.29, 0.717) is 39.1 Å². The summed E-state index contributed by atoms with van der Waals surface area (Å²) >= 11 is 0. The Morgan fingerprint density at radius 3 is 2.46 bits per heavy atom. The molecule has 1 spiro atoms. The van der Waals surface area contributed by atoms with E-state index in [0.717, 1.165) is 0 Å². The molecule has 0 atom stereocenters. The highest BCUT2D eigenvalue weighted by molar-refractivity contribution is 5.69. The van der Waals surface area contributed by atoms with Gasteiger partial charge in [0.05, 0.1) is 26.2 Å². The molecule has 0 aromatic carbocycles. The summed E-state index contributed by atoms with van der Waals surface area (Å²) in [5.74, 6) is -0.655. The van der Waals surface area contributed by atoms with Crippen LogP contribution in [-0.2, 0) is 19.0 Å². The Morgan fingerprint density at radius 2 is 1.77 bits per heavy atom. The predicted molar refractivity (Wildman–Crippen MR) is 46.2 cm³/mol. The van der Waals surface area contributed by atoms with Crippen LogP contribution in [0.4, 0.5) is 0 Å². The van der Waals surface area contributed by atoms with E-state index in [1.165, 1.54) is 0 Å². The fraction of sp³-hybridized carbons (Fsp3) is 0.889. The van der Waals surface area contributed by atoms with Gasteiger partial charge >= 0.3 is 5.97 Å². The molecule has 0 aromatic heterocycles. The molecule has 2 aliphatic heterocycles. The summed E-state index contributed by atoms with van der Waals surface area (Å²) in [7, 11) is 0. The fourth-order valence-electron chi connectivity index (χ4n) is 1.60. The molecule has 0 aliphatic carbocycles. The van der Waals surface area contributed by atoms with Gasteiger partial charge in [-0.2, -0.15) is 0 Å². The van der Waals surface area contributed by atoms with Gasteiger partial charge in [0.2, 0.25) is 0 Å². The Hall–Kier alpha value is -0.610. The predicted octanol–water partition coefficient (Wildman–Crippen LogP) is 1.09. The zero-order valence-electron chi connectivity index (χ0n) is 6.88. The number of cyclic esters (lactones) is 1. The molecular weight excluding hydrogens is 172 g/mol. The highest BCUT2D eigenvalue weighted by Gasteiger charge is 2.38. The Bertz CT molecular complexity index is 184. The first-order valence-corrected chi connectivity index (χ1v) is 4.24. The molecule has 0 aromatic rings. The summed E-state index contributed by atoms with van der Waals surface area (Å²) in [5, 5.41) is 0. The Labute approximate surface area is 78.2 Å². The lowest BCUT2D eigenvalue weighted by Gasteiger charge is -2.23. The van der Waals surface area contributed by atoms with Gasteiger partial charge in [0.1, 0.15) is 0 Å². The number of carbonyl (C=O) groups is 1. The largest absolute Gasteiger partial charge is 0.465 e. The number of hydrogen-bond donors (Lipinski definition) is 0. The van der Waals surface area contributed by atoms with E-state index >= 15 is 0 Å². The molecule has 0 unspecified atom stereocenters. The molecule has 76 valence electrons. The first-order valence-electron chi connectivity index (χ1n) is 4.24. The zero-order chi connectivity index (χ0) is 8.44. The van der Waals surface area contributed by atoms with Crippen LogP contribution in [0.2, 0.25) is 0 Å². The summed E-state index contributed by atoms with van der Waals surface area (Å²) in [4.78, 5) is 10.9. The monoisotopic (exact) mass is 188 g/mol. The second-order valence-electron chi connectivity index (χ2n) is 3.08. The van der Waals surface area contributed by atoms with Gasteiger partial charge in [0.25, 0.3) is 0 Å². The van der Waals surface area contributed by atoms with Crippen molar-refractivity contribution >= 4 is 5.97 Å². The summed E-state index contributed by atoms with van der Waals surface area (Å²) < 4.78 is 15.8. The van der Waals surface area contributed by atoms with Gasteiger partial charge < -0.3 is 14.2 Å². The quantitative estimate of drug-likeness (QED) is 0.534. The van der Waals surface area contributed by atoms with Crippen molar-refractivity contribution < 1.29 is 19.0 Å². The van der Waals surface area contributed by atoms with Crippen LogP contribution in [0, 0.1) is 0 Å². The lowest BCUT2D eigenvalue weighted by molar-refractivity contribution is -0.165. The van der Waals surface area contributed by atoms with E-state index in [-0.39, 0.29) is 13.4 Å². The van der Waals surface area contributed by atoms with Gasteiger partial charge in [-0.1, -0.05) is 7.43 Å². The number of rotatable bonds is 0. The SMILES string of the molecule is C.O=C1CCC2(CCO1)OCCO2. The number of esters is 1. The van der Waals surface area contributed by atoms with Crippen molar-refractivity contribution in [3.8, 4) is 0 Å². The molecule has 4 heteroatoms. The van der Waals surface area contributed by atoms with E-state index in [2.05, 4.69) is 0 Å². The molecule has 0 amide bonds. The lowest BCUT2D eigenvalue weighted by Crippen LogP contribution is -2.30. The molecule has 0 N–H and O–H groups in total. The summed E-state index contributed by atoms with van der Waals surface area (Å²) in [5.41, 5.74) is 0. The van der Waals surface area contributed by atoms with E-state index in [1.54, 1.807) is 0 Å². The second-order valence-corrected chi connectivity index (χ2v) is 3.08. The Morgan fingerprint density at radius 1 is 1.08 bits per heavy atom. The number of carbonyl (C=O) groups excluding carboxylic acids is 1. The van der Waals surface area contributed by atoms with Crippen LogP contribution in [-0.4, -0.2) is 31.6 Å². The van der Waals surface area contributed by atoms with Crippen LogP contribution in [0.5, 0.6) is 0 Å². The lowest BCUT2D eigenvalue weighted by atomic mass is 10.1. The van der Waals surface area contributed by atoms with Crippen molar-refractivity contribution in [3.05, 3.63) is 0 Å². The number of hydrogen-bond acceptors (Lipinski definition) is 4. The first-order chi connectivity index (χ1) is 5.81. The molecule has 2 saturated heterocycles. The van der Waals surface area contributed by atoms with Gasteiger partial charge in [0.15, 0.2) is 5.79 Å². The van der Waals surface area contributed by atoms with Crippen LogP contribution in [0.3, 0.4) is 0 Å². The maximum atomic E-state index is 10.9. The van der Waals surface area contributed by atoms with Crippen LogP contribution in [0.15, 0.2) is 0 Å². The van der Waals surface area contributed by atoms with Gasteiger partial charge in [-0.25, -0.2) is 0 Å². The average molecular weight is 188 g/mol. The minimum absolute atomic E-state index is 0. The second kappa shape index (κ2) is 4.07. The third-order valence-corrected chi connectivity index (χ3v) is 2.27. The Kier molecular flexibility index (Phi) is 3.27. The van der Waals surface area contributed by atoms with Crippen LogP contribution in [0.25, 0.3) is 0 Å². The molecule has 13 heavy (non-hydrogen) atoms. The minimum Gasteiger partial charge on any atom is -0.465 e. The van der Waals surface area contributed by atoms with Crippen molar-refractivity contribution in [1.82, 2.24) is 0 Å². The van der Waals surface area contributed by atoms with E-state index in [4.69, 9.17) is 14.2 Å². The molecule has 4 nitrogen and oxygen atoms in total. The highest BCUT2D eigenvalue weighted by Crippen LogP contribution is 2.30. The fourth-order valence-corrected chi connectivity index (χ4v) is 1.60. The van der Waals surface area contributed by atoms with Gasteiger partial charge in [-0.05, 0) is 0 Å². The maximum absolute atomic E-state index is 10.9. The van der Waals surface area contributed by atoms with Crippen molar-refractivity contribution in [2.75, 3.05) is 19.8 Å². The standard InChI is InChI=1S/C8H12O4.CH4/c9-7-1-2-8(3-4-10-7)11-5-6-12-8;/h1-6H2;1H4. The van der Waals surface area contributed by atoms with Gasteiger partial charge in [-0.15, -0.1) is 0 Å². The van der Waals surface area contributed by atoms with E-state index in [9.17, 15) is 4.79 Å². The summed E-state index contributed by atoms with van der Waals surface area (Å²) in [6, 6.07) is 0. The number of ether oxygens (including phenoxy) is 3. The molecule has 2 heterocycles. The van der Waals surface area contributed by atoms with Crippen molar-refractivity contribution in [2.24, 2.45) is 0 Å². The smallest absolute Gasteiger partial charge is 0.305 e. The molecule has 0 bridgehead atoms. The maximum Gasteiger partial charge on any atom is 0.305 e. The average Bonchev–Trinajstić information content (AvgIpc) is 2.42.